The number of nitrogens with zero attached hydrogens (tertiary/aromatic N) is 4. The first-order chi connectivity index (χ1) is 18.5. The molecule has 0 saturated carbocycles. The third kappa shape index (κ3) is 5.18. The minimum Gasteiger partial charge on any atom is -0.340 e. The maximum atomic E-state index is 14.3. The van der Waals surface area contributed by atoms with E-state index >= 15 is 0 Å². The number of piperidine rings is 1. The first-order valence-corrected chi connectivity index (χ1v) is 13.7. The maximum absolute atomic E-state index is 14.3. The van der Waals surface area contributed by atoms with Crippen LogP contribution >= 0.6 is 0 Å². The first-order valence-electron chi connectivity index (χ1n) is 13.7. The van der Waals surface area contributed by atoms with Gasteiger partial charge in [-0.1, -0.05) is 30.3 Å². The zero-order valence-electron chi connectivity index (χ0n) is 21.6. The Morgan fingerprint density at radius 1 is 0.789 bits per heavy atom. The number of fused-ring (bicyclic) bond motifs is 3. The molecule has 0 aromatic heterocycles. The molecule has 2 saturated heterocycles. The molecule has 3 aromatic carbocycles. The highest BCUT2D eigenvalue weighted by molar-refractivity contribution is 5.79. The van der Waals surface area contributed by atoms with Gasteiger partial charge in [0.2, 0.25) is 5.91 Å². The summed E-state index contributed by atoms with van der Waals surface area (Å²) in [4.78, 5) is 21.9. The summed E-state index contributed by atoms with van der Waals surface area (Å²) in [6.07, 6.45) is 1.44. The van der Waals surface area contributed by atoms with Gasteiger partial charge < -0.3 is 14.7 Å². The highest BCUT2D eigenvalue weighted by Gasteiger charge is 2.42. The maximum Gasteiger partial charge on any atom is 0.227 e. The number of carbonyl (C=O) groups excluding carboxylic acids is 1. The quantitative estimate of drug-likeness (QED) is 0.477. The monoisotopic (exact) mass is 516 g/mol. The zero-order valence-corrected chi connectivity index (χ0v) is 21.6. The fourth-order valence-electron chi connectivity index (χ4n) is 6.36. The third-order valence-electron chi connectivity index (χ3n) is 8.40. The lowest BCUT2D eigenvalue weighted by Crippen LogP contribution is -2.52. The summed E-state index contributed by atoms with van der Waals surface area (Å²) in [6.45, 7) is 7.13. The van der Waals surface area contributed by atoms with Gasteiger partial charge in [-0.3, -0.25) is 9.69 Å². The second kappa shape index (κ2) is 10.8. The average molecular weight is 517 g/mol. The van der Waals surface area contributed by atoms with Crippen molar-refractivity contribution in [2.45, 2.75) is 24.8 Å². The Labute approximate surface area is 223 Å². The molecule has 0 radical (unpaired) electrons. The van der Waals surface area contributed by atoms with Gasteiger partial charge >= 0.3 is 0 Å². The van der Waals surface area contributed by atoms with Gasteiger partial charge in [0.15, 0.2) is 0 Å². The minimum absolute atomic E-state index is 0.204. The molecule has 7 heteroatoms. The number of hydrogen-bond donors (Lipinski definition) is 0. The van der Waals surface area contributed by atoms with Crippen LogP contribution in [0.25, 0.3) is 0 Å². The molecule has 198 valence electrons. The van der Waals surface area contributed by atoms with E-state index in [1.54, 1.807) is 6.07 Å². The van der Waals surface area contributed by atoms with E-state index in [0.717, 1.165) is 81.3 Å². The molecule has 3 heterocycles. The molecule has 5 nitrogen and oxygen atoms in total. The normalized spacial score (nSPS) is 21.8. The molecule has 0 bridgehead atoms. The fourth-order valence-corrected chi connectivity index (χ4v) is 6.36. The lowest BCUT2D eigenvalue weighted by atomic mass is 9.89. The summed E-state index contributed by atoms with van der Waals surface area (Å²) in [6, 6.07) is 21.9. The van der Waals surface area contributed by atoms with Crippen LogP contribution in [0.5, 0.6) is 0 Å². The van der Waals surface area contributed by atoms with E-state index in [-0.39, 0.29) is 29.5 Å². The Morgan fingerprint density at radius 2 is 1.50 bits per heavy atom. The van der Waals surface area contributed by atoms with E-state index < -0.39 is 0 Å². The van der Waals surface area contributed by atoms with Gasteiger partial charge in [-0.25, -0.2) is 8.78 Å². The summed E-state index contributed by atoms with van der Waals surface area (Å²) in [5.74, 6) is -0.0389. The Kier molecular flexibility index (Phi) is 7.13. The van der Waals surface area contributed by atoms with E-state index in [4.69, 9.17) is 0 Å². The number of rotatable bonds is 6. The van der Waals surface area contributed by atoms with Gasteiger partial charge in [-0.05, 0) is 60.0 Å². The number of anilines is 2. The molecule has 2 fully saturated rings. The summed E-state index contributed by atoms with van der Waals surface area (Å²) in [5.41, 5.74) is 4.11. The molecule has 0 spiro atoms. The second-order valence-electron chi connectivity index (χ2n) is 10.7. The van der Waals surface area contributed by atoms with Crippen molar-refractivity contribution in [3.63, 3.8) is 0 Å². The Hall–Kier alpha value is -3.29. The molecule has 3 aliphatic heterocycles. The van der Waals surface area contributed by atoms with Crippen LogP contribution in [-0.2, 0) is 11.2 Å². The molecule has 0 aliphatic carbocycles. The number of benzene rings is 3. The number of likely N-dealkylation sites (tertiary alicyclic amines) is 1. The summed E-state index contributed by atoms with van der Waals surface area (Å²) in [5, 5.41) is 0. The van der Waals surface area contributed by atoms with Gasteiger partial charge in [-0.15, -0.1) is 0 Å². The van der Waals surface area contributed by atoms with E-state index in [1.807, 2.05) is 53.4 Å². The van der Waals surface area contributed by atoms with Crippen molar-refractivity contribution in [1.82, 2.24) is 14.7 Å². The molecule has 1 amide bonds. The van der Waals surface area contributed by atoms with Crippen molar-refractivity contribution in [3.8, 4) is 0 Å². The standard InChI is InChI=1S/C31H34F2N4O/c32-24-6-9-26(10-7-24)37-29-11-8-25(33)21-27(29)28-22-35(13-12-30(28)37)15-14-34-16-18-36(19-17-34)31(38)20-23-4-2-1-3-5-23/h1-11,21,28,30H,12-20,22H2. The van der Waals surface area contributed by atoms with Crippen LogP contribution in [0.3, 0.4) is 0 Å². The minimum atomic E-state index is -0.250. The van der Waals surface area contributed by atoms with Gasteiger partial charge in [0.1, 0.15) is 11.6 Å². The largest absolute Gasteiger partial charge is 0.340 e. The lowest BCUT2D eigenvalue weighted by Gasteiger charge is -2.40. The topological polar surface area (TPSA) is 30.0 Å². The SMILES string of the molecule is O=C(Cc1ccccc1)N1CCN(CCN2CCC3C(C2)c2cc(F)ccc2N3c2ccc(F)cc2)CC1. The molecule has 2 unspecified atom stereocenters. The number of halogens is 2. The predicted octanol–water partition coefficient (Wildman–Crippen LogP) is 4.66. The Bertz CT molecular complexity index is 1260. The Balaban J connectivity index is 1.05. The lowest BCUT2D eigenvalue weighted by molar-refractivity contribution is -0.132. The second-order valence-corrected chi connectivity index (χ2v) is 10.7. The van der Waals surface area contributed by atoms with E-state index in [9.17, 15) is 13.6 Å². The highest BCUT2D eigenvalue weighted by atomic mass is 19.1. The fraction of sp³-hybridized carbons (Fsp3) is 0.387. The number of piperazine rings is 1. The summed E-state index contributed by atoms with van der Waals surface area (Å²) < 4.78 is 27.9. The van der Waals surface area contributed by atoms with Crippen LogP contribution in [-0.4, -0.2) is 79.0 Å². The Morgan fingerprint density at radius 3 is 2.26 bits per heavy atom. The van der Waals surface area contributed by atoms with E-state index in [2.05, 4.69) is 14.7 Å². The van der Waals surface area contributed by atoms with Crippen molar-refractivity contribution < 1.29 is 13.6 Å². The van der Waals surface area contributed by atoms with Gasteiger partial charge in [-0.2, -0.15) is 0 Å². The highest BCUT2D eigenvalue weighted by Crippen LogP contribution is 2.48. The molecule has 38 heavy (non-hydrogen) atoms. The van der Waals surface area contributed by atoms with Crippen molar-refractivity contribution in [3.05, 3.63) is 95.6 Å². The van der Waals surface area contributed by atoms with Crippen LogP contribution in [0.4, 0.5) is 20.2 Å². The molecule has 3 aromatic rings. The summed E-state index contributed by atoms with van der Waals surface area (Å²) in [7, 11) is 0. The molecule has 3 aliphatic rings. The van der Waals surface area contributed by atoms with Crippen LogP contribution in [0, 0.1) is 11.6 Å². The smallest absolute Gasteiger partial charge is 0.227 e. The van der Waals surface area contributed by atoms with Gasteiger partial charge in [0.25, 0.3) is 0 Å². The van der Waals surface area contributed by atoms with Crippen molar-refractivity contribution >= 4 is 17.3 Å². The molecular formula is C31H34F2N4O. The van der Waals surface area contributed by atoms with Crippen molar-refractivity contribution in [1.29, 1.82) is 0 Å². The molecule has 6 rings (SSSR count). The van der Waals surface area contributed by atoms with E-state index in [0.29, 0.717) is 6.42 Å². The van der Waals surface area contributed by atoms with Crippen molar-refractivity contribution in [2.24, 2.45) is 0 Å². The molecule has 0 N–H and O–H groups in total. The first kappa shape index (κ1) is 25.0. The molecule has 2 atom stereocenters. The van der Waals surface area contributed by atoms with Gasteiger partial charge in [0.05, 0.1) is 6.42 Å². The number of carbonyl (C=O) groups is 1. The van der Waals surface area contributed by atoms with Gasteiger partial charge in [0, 0.05) is 75.7 Å². The van der Waals surface area contributed by atoms with Crippen molar-refractivity contribution in [2.75, 3.05) is 57.3 Å². The average Bonchev–Trinajstić information content (AvgIpc) is 3.26. The zero-order chi connectivity index (χ0) is 26.1. The number of hydrogen-bond acceptors (Lipinski definition) is 4. The van der Waals surface area contributed by atoms with E-state index in [1.165, 1.54) is 18.2 Å². The van der Waals surface area contributed by atoms with Crippen LogP contribution in [0.15, 0.2) is 72.8 Å². The van der Waals surface area contributed by atoms with Crippen LogP contribution in [0.2, 0.25) is 0 Å². The third-order valence-corrected chi connectivity index (χ3v) is 8.40. The predicted molar refractivity (Wildman–Crippen MR) is 146 cm³/mol. The van der Waals surface area contributed by atoms with Crippen LogP contribution < -0.4 is 4.90 Å². The summed E-state index contributed by atoms with van der Waals surface area (Å²) >= 11 is 0. The molecular weight excluding hydrogens is 482 g/mol. The van der Waals surface area contributed by atoms with Crippen LogP contribution in [0.1, 0.15) is 23.5 Å². The number of amides is 1.